The highest BCUT2D eigenvalue weighted by Gasteiger charge is 2.22. The Morgan fingerprint density at radius 2 is 1.78 bits per heavy atom. The topological polar surface area (TPSA) is 49.6 Å². The molecule has 5 nitrogen and oxygen atoms in total. The van der Waals surface area contributed by atoms with Gasteiger partial charge in [-0.05, 0) is 44.7 Å². The molecule has 1 heterocycles. The summed E-state index contributed by atoms with van der Waals surface area (Å²) in [7, 11) is 0. The first-order valence-electron chi connectivity index (χ1n) is 9.89. The van der Waals surface area contributed by atoms with Crippen molar-refractivity contribution >= 4 is 5.91 Å². The lowest BCUT2D eigenvalue weighted by molar-refractivity contribution is 0.0767. The number of carbonyl (C=O) groups is 1. The second-order valence-corrected chi connectivity index (χ2v) is 7.42. The fraction of sp³-hybridized carbons (Fsp3) is 0.545. The lowest BCUT2D eigenvalue weighted by atomic mass is 10.0. The van der Waals surface area contributed by atoms with Gasteiger partial charge in [0.15, 0.2) is 5.69 Å². The van der Waals surface area contributed by atoms with E-state index < -0.39 is 0 Å². The highest BCUT2D eigenvalue weighted by Crippen LogP contribution is 2.20. The van der Waals surface area contributed by atoms with Gasteiger partial charge in [0, 0.05) is 25.7 Å². The lowest BCUT2D eigenvalue weighted by Gasteiger charge is -2.31. The smallest absolute Gasteiger partial charge is 0.275 e. The number of aryl methyl sites for hydroxylation is 1. The van der Waals surface area contributed by atoms with E-state index in [1.807, 2.05) is 13.8 Å². The van der Waals surface area contributed by atoms with E-state index in [4.69, 9.17) is 4.42 Å². The van der Waals surface area contributed by atoms with Gasteiger partial charge in [0.05, 0.1) is 6.54 Å². The summed E-state index contributed by atoms with van der Waals surface area (Å²) in [5.74, 6) is 1.02. The van der Waals surface area contributed by atoms with Crippen molar-refractivity contribution in [3.63, 3.8) is 0 Å². The number of benzene rings is 1. The van der Waals surface area contributed by atoms with E-state index in [2.05, 4.69) is 61.8 Å². The Balaban J connectivity index is 2.18. The molecule has 5 heteroatoms. The molecule has 2 aromatic rings. The lowest BCUT2D eigenvalue weighted by Crippen LogP contribution is -2.36. The first kappa shape index (κ1) is 21.2. The Kier molecular flexibility index (Phi) is 7.60. The summed E-state index contributed by atoms with van der Waals surface area (Å²) < 4.78 is 5.65. The summed E-state index contributed by atoms with van der Waals surface area (Å²) in [5.41, 5.74) is 2.97. The number of hydrogen-bond donors (Lipinski definition) is 0. The molecule has 1 unspecified atom stereocenters. The summed E-state index contributed by atoms with van der Waals surface area (Å²) in [5, 5.41) is 0. The maximum absolute atomic E-state index is 12.5. The molecule has 1 aromatic heterocycles. The Labute approximate surface area is 163 Å². The molecule has 27 heavy (non-hydrogen) atoms. The van der Waals surface area contributed by atoms with E-state index >= 15 is 0 Å². The first-order chi connectivity index (χ1) is 12.9. The fourth-order valence-corrected chi connectivity index (χ4v) is 3.10. The molecule has 1 atom stereocenters. The van der Waals surface area contributed by atoms with Gasteiger partial charge in [0.2, 0.25) is 5.89 Å². The molecule has 0 bridgehead atoms. The SMILES string of the molecule is CCN(CC)C(=O)c1coc(CN(Cc2ccccc2C)C(C)C(C)C)n1. The normalized spacial score (nSPS) is 12.6. The average Bonchev–Trinajstić information content (AvgIpc) is 3.11. The van der Waals surface area contributed by atoms with E-state index in [-0.39, 0.29) is 5.91 Å². The van der Waals surface area contributed by atoms with Gasteiger partial charge in [-0.25, -0.2) is 4.98 Å². The summed E-state index contributed by atoms with van der Waals surface area (Å²) in [4.78, 5) is 21.1. The van der Waals surface area contributed by atoms with Crippen LogP contribution >= 0.6 is 0 Å². The zero-order chi connectivity index (χ0) is 20.0. The Morgan fingerprint density at radius 3 is 2.37 bits per heavy atom. The summed E-state index contributed by atoms with van der Waals surface area (Å²) in [6.45, 7) is 15.5. The van der Waals surface area contributed by atoms with Gasteiger partial charge < -0.3 is 9.32 Å². The molecule has 1 amide bonds. The number of amides is 1. The van der Waals surface area contributed by atoms with Gasteiger partial charge in [0.1, 0.15) is 6.26 Å². The molecular formula is C22H33N3O2. The van der Waals surface area contributed by atoms with Gasteiger partial charge in [0.25, 0.3) is 5.91 Å². The summed E-state index contributed by atoms with van der Waals surface area (Å²) >= 11 is 0. The summed E-state index contributed by atoms with van der Waals surface area (Å²) in [6, 6.07) is 8.80. The van der Waals surface area contributed by atoms with Crippen LogP contribution < -0.4 is 0 Å². The van der Waals surface area contributed by atoms with Crippen LogP contribution in [0, 0.1) is 12.8 Å². The van der Waals surface area contributed by atoms with Crippen LogP contribution in [0.15, 0.2) is 34.9 Å². The number of carbonyl (C=O) groups excluding carboxylic acids is 1. The third-order valence-corrected chi connectivity index (χ3v) is 5.34. The van der Waals surface area contributed by atoms with Crippen molar-refractivity contribution in [3.8, 4) is 0 Å². The molecule has 0 saturated carbocycles. The van der Waals surface area contributed by atoms with Crippen molar-refractivity contribution in [3.05, 3.63) is 53.2 Å². The van der Waals surface area contributed by atoms with Gasteiger partial charge in [-0.1, -0.05) is 38.1 Å². The van der Waals surface area contributed by atoms with E-state index in [1.54, 1.807) is 4.90 Å². The number of oxazole rings is 1. The molecule has 0 aliphatic rings. The largest absolute Gasteiger partial charge is 0.447 e. The van der Waals surface area contributed by atoms with Gasteiger partial charge in [-0.15, -0.1) is 0 Å². The monoisotopic (exact) mass is 371 g/mol. The molecule has 1 aromatic carbocycles. The minimum Gasteiger partial charge on any atom is -0.447 e. The standard InChI is InChI=1S/C22H33N3O2/c1-7-24(8-2)22(26)20-15-27-21(23-20)14-25(18(6)16(3)4)13-19-12-10-9-11-17(19)5/h9-12,15-16,18H,7-8,13-14H2,1-6H3. The zero-order valence-corrected chi connectivity index (χ0v) is 17.5. The van der Waals surface area contributed by atoms with Crippen LogP contribution in [0.4, 0.5) is 0 Å². The number of rotatable bonds is 9. The first-order valence-corrected chi connectivity index (χ1v) is 9.89. The van der Waals surface area contributed by atoms with Gasteiger partial charge in [-0.3, -0.25) is 9.69 Å². The van der Waals surface area contributed by atoms with Crippen LogP contribution in [0.25, 0.3) is 0 Å². The van der Waals surface area contributed by atoms with Crippen molar-refractivity contribution in [2.45, 2.75) is 60.7 Å². The average molecular weight is 372 g/mol. The van der Waals surface area contributed by atoms with E-state index in [1.165, 1.54) is 17.4 Å². The van der Waals surface area contributed by atoms with Crippen LogP contribution in [0.5, 0.6) is 0 Å². The van der Waals surface area contributed by atoms with Crippen molar-refractivity contribution in [2.24, 2.45) is 5.92 Å². The molecule has 0 aliphatic heterocycles. The van der Waals surface area contributed by atoms with Crippen molar-refractivity contribution < 1.29 is 9.21 Å². The third-order valence-electron chi connectivity index (χ3n) is 5.34. The minimum atomic E-state index is -0.0719. The molecule has 0 N–H and O–H groups in total. The van der Waals surface area contributed by atoms with E-state index in [0.29, 0.717) is 43.2 Å². The van der Waals surface area contributed by atoms with Gasteiger partial charge in [-0.2, -0.15) is 0 Å². The molecule has 0 aliphatic carbocycles. The van der Waals surface area contributed by atoms with Gasteiger partial charge >= 0.3 is 0 Å². The second-order valence-electron chi connectivity index (χ2n) is 7.42. The maximum Gasteiger partial charge on any atom is 0.275 e. The van der Waals surface area contributed by atoms with Crippen LogP contribution in [0.1, 0.15) is 62.1 Å². The molecule has 0 radical (unpaired) electrons. The van der Waals surface area contributed by atoms with Crippen LogP contribution in [0.3, 0.4) is 0 Å². The zero-order valence-electron chi connectivity index (χ0n) is 17.5. The number of nitrogens with zero attached hydrogens (tertiary/aromatic N) is 3. The predicted octanol–water partition coefficient (Wildman–Crippen LogP) is 4.51. The van der Waals surface area contributed by atoms with E-state index in [9.17, 15) is 4.79 Å². The maximum atomic E-state index is 12.5. The highest BCUT2D eigenvalue weighted by molar-refractivity contribution is 5.91. The van der Waals surface area contributed by atoms with Crippen molar-refractivity contribution in [2.75, 3.05) is 13.1 Å². The molecule has 0 fully saturated rings. The van der Waals surface area contributed by atoms with Crippen molar-refractivity contribution in [1.82, 2.24) is 14.8 Å². The molecule has 0 spiro atoms. The Hall–Kier alpha value is -2.14. The summed E-state index contributed by atoms with van der Waals surface area (Å²) in [6.07, 6.45) is 1.49. The van der Waals surface area contributed by atoms with Crippen LogP contribution in [0.2, 0.25) is 0 Å². The Bertz CT molecular complexity index is 735. The predicted molar refractivity (Wildman–Crippen MR) is 108 cm³/mol. The van der Waals surface area contributed by atoms with Crippen LogP contribution in [-0.2, 0) is 13.1 Å². The minimum absolute atomic E-state index is 0.0719. The molecular weight excluding hydrogens is 338 g/mol. The molecule has 2 rings (SSSR count). The number of aromatic nitrogens is 1. The third kappa shape index (κ3) is 5.42. The molecule has 0 saturated heterocycles. The quantitative estimate of drug-likeness (QED) is 0.651. The highest BCUT2D eigenvalue weighted by atomic mass is 16.3. The fourth-order valence-electron chi connectivity index (χ4n) is 3.10. The number of hydrogen-bond acceptors (Lipinski definition) is 4. The van der Waals surface area contributed by atoms with Crippen LogP contribution in [-0.4, -0.2) is 39.8 Å². The van der Waals surface area contributed by atoms with E-state index in [0.717, 1.165) is 6.54 Å². The Morgan fingerprint density at radius 1 is 1.11 bits per heavy atom. The van der Waals surface area contributed by atoms with Crippen molar-refractivity contribution in [1.29, 1.82) is 0 Å². The second kappa shape index (κ2) is 9.70. The molecule has 148 valence electrons.